The number of aliphatic hydroxyl groups is 1. The zero-order chi connectivity index (χ0) is 14.3. The highest BCUT2D eigenvalue weighted by Crippen LogP contribution is 2.16. The van der Waals surface area contributed by atoms with Gasteiger partial charge in [0.05, 0.1) is 6.61 Å². The molecule has 0 heterocycles. The van der Waals surface area contributed by atoms with Crippen LogP contribution >= 0.6 is 11.6 Å². The number of carboxylic acid groups (broad SMARTS) is 1. The van der Waals surface area contributed by atoms with E-state index >= 15 is 0 Å². The van der Waals surface area contributed by atoms with Crippen LogP contribution in [0.3, 0.4) is 0 Å². The number of hydrogen-bond acceptors (Lipinski definition) is 4. The molecule has 4 N–H and O–H groups in total. The Kier molecular flexibility index (Phi) is 6.62. The highest BCUT2D eigenvalue weighted by atomic mass is 35.5. The monoisotopic (exact) mass is 286 g/mol. The second kappa shape index (κ2) is 7.99. The standard InChI is InChI=1S/C13H19ClN2O3/c14-5-6-16(7-8-17)11-3-1-10(2-4-11)9-12(15)13(18)19/h1-4,12,17H,5-9,15H2,(H,18,19)/t12-/m1/s1. The van der Waals surface area contributed by atoms with Gasteiger partial charge in [-0.2, -0.15) is 0 Å². The van der Waals surface area contributed by atoms with Gasteiger partial charge in [-0.1, -0.05) is 12.1 Å². The molecule has 0 amide bonds. The molecule has 0 bridgehead atoms. The SMILES string of the molecule is N[C@H](Cc1ccc(N(CCO)CCCl)cc1)C(=O)O. The lowest BCUT2D eigenvalue weighted by atomic mass is 10.1. The molecule has 0 fully saturated rings. The van der Waals surface area contributed by atoms with E-state index < -0.39 is 12.0 Å². The predicted molar refractivity (Wildman–Crippen MR) is 75.8 cm³/mol. The minimum absolute atomic E-state index is 0.0581. The molecule has 5 nitrogen and oxygen atoms in total. The number of nitrogens with two attached hydrogens (primary N) is 1. The van der Waals surface area contributed by atoms with Gasteiger partial charge in [0, 0.05) is 24.7 Å². The van der Waals surface area contributed by atoms with Crippen molar-refractivity contribution in [2.45, 2.75) is 12.5 Å². The van der Waals surface area contributed by atoms with Crippen molar-refractivity contribution in [3.8, 4) is 0 Å². The van der Waals surface area contributed by atoms with Gasteiger partial charge in [-0.25, -0.2) is 0 Å². The summed E-state index contributed by atoms with van der Waals surface area (Å²) in [6.45, 7) is 1.22. The summed E-state index contributed by atoms with van der Waals surface area (Å²) < 4.78 is 0. The van der Waals surface area contributed by atoms with Crippen molar-refractivity contribution in [1.29, 1.82) is 0 Å². The molecule has 19 heavy (non-hydrogen) atoms. The maximum Gasteiger partial charge on any atom is 0.320 e. The van der Waals surface area contributed by atoms with Crippen LogP contribution in [-0.2, 0) is 11.2 Å². The topological polar surface area (TPSA) is 86.8 Å². The maximum absolute atomic E-state index is 10.7. The number of alkyl halides is 1. The molecule has 0 radical (unpaired) electrons. The summed E-state index contributed by atoms with van der Waals surface area (Å²) in [6, 6.07) is 6.56. The van der Waals surface area contributed by atoms with E-state index in [1.807, 2.05) is 29.2 Å². The van der Waals surface area contributed by atoms with E-state index in [2.05, 4.69) is 0 Å². The van der Waals surface area contributed by atoms with E-state index in [1.165, 1.54) is 0 Å². The van der Waals surface area contributed by atoms with Gasteiger partial charge >= 0.3 is 5.97 Å². The molecule has 0 aliphatic carbocycles. The first-order chi connectivity index (χ1) is 9.08. The summed E-state index contributed by atoms with van der Waals surface area (Å²) in [5, 5.41) is 17.7. The number of halogens is 1. The molecule has 0 aliphatic heterocycles. The first-order valence-electron chi connectivity index (χ1n) is 6.07. The number of anilines is 1. The highest BCUT2D eigenvalue weighted by Gasteiger charge is 2.12. The fourth-order valence-electron chi connectivity index (χ4n) is 1.78. The molecular weight excluding hydrogens is 268 g/mol. The maximum atomic E-state index is 10.7. The lowest BCUT2D eigenvalue weighted by Crippen LogP contribution is -2.32. The zero-order valence-corrected chi connectivity index (χ0v) is 11.4. The summed E-state index contributed by atoms with van der Waals surface area (Å²) >= 11 is 5.71. The van der Waals surface area contributed by atoms with Crippen LogP contribution in [0.15, 0.2) is 24.3 Å². The van der Waals surface area contributed by atoms with E-state index in [9.17, 15) is 4.79 Å². The smallest absolute Gasteiger partial charge is 0.320 e. The van der Waals surface area contributed by atoms with Crippen LogP contribution in [-0.4, -0.2) is 47.8 Å². The first-order valence-corrected chi connectivity index (χ1v) is 6.61. The summed E-state index contributed by atoms with van der Waals surface area (Å²) in [6.07, 6.45) is 0.297. The minimum Gasteiger partial charge on any atom is -0.480 e. The summed E-state index contributed by atoms with van der Waals surface area (Å²) in [4.78, 5) is 12.6. The first kappa shape index (κ1) is 15.8. The molecule has 0 saturated heterocycles. The van der Waals surface area contributed by atoms with Crippen LogP contribution in [0.2, 0.25) is 0 Å². The van der Waals surface area contributed by atoms with Gasteiger partial charge in [-0.3, -0.25) is 4.79 Å². The average Bonchev–Trinajstić information content (AvgIpc) is 2.39. The Morgan fingerprint density at radius 2 is 1.95 bits per heavy atom. The number of rotatable bonds is 8. The molecular formula is C13H19ClN2O3. The van der Waals surface area contributed by atoms with Gasteiger partial charge in [-0.15, -0.1) is 11.6 Å². The van der Waals surface area contributed by atoms with Gasteiger partial charge in [-0.05, 0) is 24.1 Å². The molecule has 1 rings (SSSR count). The summed E-state index contributed by atoms with van der Waals surface area (Å²) in [5.41, 5.74) is 7.30. The zero-order valence-electron chi connectivity index (χ0n) is 10.6. The third kappa shape index (κ3) is 5.06. The van der Waals surface area contributed by atoms with Crippen molar-refractivity contribution in [1.82, 2.24) is 0 Å². The third-order valence-corrected chi connectivity index (χ3v) is 2.97. The van der Waals surface area contributed by atoms with Crippen LogP contribution in [0.1, 0.15) is 5.56 Å². The van der Waals surface area contributed by atoms with Gasteiger partial charge < -0.3 is 20.8 Å². The van der Waals surface area contributed by atoms with Crippen molar-refractivity contribution in [3.63, 3.8) is 0 Å². The number of aliphatic hydroxyl groups excluding tert-OH is 1. The number of benzene rings is 1. The number of hydrogen-bond donors (Lipinski definition) is 3. The van der Waals surface area contributed by atoms with E-state index in [0.29, 0.717) is 25.4 Å². The van der Waals surface area contributed by atoms with Crippen LogP contribution in [0, 0.1) is 0 Å². The lowest BCUT2D eigenvalue weighted by Gasteiger charge is -2.23. The molecule has 106 valence electrons. The van der Waals surface area contributed by atoms with Crippen molar-refractivity contribution in [2.24, 2.45) is 5.73 Å². The molecule has 0 aromatic heterocycles. The van der Waals surface area contributed by atoms with Crippen LogP contribution in [0.25, 0.3) is 0 Å². The van der Waals surface area contributed by atoms with Gasteiger partial charge in [0.2, 0.25) is 0 Å². The Hall–Kier alpha value is -1.30. The molecule has 0 aliphatic rings. The number of aliphatic carboxylic acids is 1. The molecule has 0 spiro atoms. The van der Waals surface area contributed by atoms with Crippen molar-refractivity contribution >= 4 is 23.3 Å². The molecule has 1 aromatic carbocycles. The van der Waals surface area contributed by atoms with E-state index in [-0.39, 0.29) is 6.61 Å². The van der Waals surface area contributed by atoms with E-state index in [4.69, 9.17) is 27.5 Å². The Bertz CT molecular complexity index is 391. The molecule has 1 aromatic rings. The number of carboxylic acids is 1. The number of carbonyl (C=O) groups is 1. The largest absolute Gasteiger partial charge is 0.480 e. The fraction of sp³-hybridized carbons (Fsp3) is 0.462. The Morgan fingerprint density at radius 1 is 1.32 bits per heavy atom. The van der Waals surface area contributed by atoms with Crippen molar-refractivity contribution < 1.29 is 15.0 Å². The summed E-state index contributed by atoms with van der Waals surface area (Å²) in [5.74, 6) is -0.529. The molecule has 6 heteroatoms. The Morgan fingerprint density at radius 3 is 2.42 bits per heavy atom. The average molecular weight is 287 g/mol. The lowest BCUT2D eigenvalue weighted by molar-refractivity contribution is -0.138. The third-order valence-electron chi connectivity index (χ3n) is 2.80. The van der Waals surface area contributed by atoms with E-state index in [0.717, 1.165) is 11.3 Å². The van der Waals surface area contributed by atoms with Crippen LogP contribution < -0.4 is 10.6 Å². The van der Waals surface area contributed by atoms with Gasteiger partial charge in [0.25, 0.3) is 0 Å². The summed E-state index contributed by atoms with van der Waals surface area (Å²) in [7, 11) is 0. The van der Waals surface area contributed by atoms with E-state index in [1.54, 1.807) is 0 Å². The Labute approximate surface area is 117 Å². The Balaban J connectivity index is 2.71. The second-order valence-corrected chi connectivity index (χ2v) is 4.59. The normalized spacial score (nSPS) is 12.2. The molecule has 0 unspecified atom stereocenters. The second-order valence-electron chi connectivity index (χ2n) is 4.21. The fourth-order valence-corrected chi connectivity index (χ4v) is 1.98. The van der Waals surface area contributed by atoms with Crippen LogP contribution in [0.5, 0.6) is 0 Å². The quantitative estimate of drug-likeness (QED) is 0.612. The van der Waals surface area contributed by atoms with Crippen molar-refractivity contribution in [3.05, 3.63) is 29.8 Å². The predicted octanol–water partition coefficient (Wildman–Crippen LogP) is 0.678. The number of nitrogens with zero attached hydrogens (tertiary/aromatic N) is 1. The minimum atomic E-state index is -1.01. The van der Waals surface area contributed by atoms with Crippen LogP contribution in [0.4, 0.5) is 5.69 Å². The highest BCUT2D eigenvalue weighted by molar-refractivity contribution is 6.18. The molecule has 1 atom stereocenters. The van der Waals surface area contributed by atoms with Gasteiger partial charge in [0.15, 0.2) is 0 Å². The van der Waals surface area contributed by atoms with Gasteiger partial charge in [0.1, 0.15) is 6.04 Å². The molecule has 0 saturated carbocycles. The van der Waals surface area contributed by atoms with Crippen molar-refractivity contribution in [2.75, 3.05) is 30.5 Å².